The van der Waals surface area contributed by atoms with Crippen molar-refractivity contribution in [2.45, 2.75) is 11.0 Å². The van der Waals surface area contributed by atoms with E-state index in [2.05, 4.69) is 5.32 Å². The third-order valence-corrected chi connectivity index (χ3v) is 4.31. The first-order chi connectivity index (χ1) is 7.47. The molecule has 0 aromatic heterocycles. The van der Waals surface area contributed by atoms with Gasteiger partial charge in [-0.25, -0.2) is 8.42 Å². The van der Waals surface area contributed by atoms with Crippen molar-refractivity contribution in [1.82, 2.24) is 5.32 Å². The van der Waals surface area contributed by atoms with E-state index in [1.165, 1.54) is 12.1 Å². The van der Waals surface area contributed by atoms with Gasteiger partial charge in [0, 0.05) is 6.54 Å². The van der Waals surface area contributed by atoms with E-state index in [1.54, 1.807) is 19.2 Å². The number of aliphatic hydroxyl groups is 1. The summed E-state index contributed by atoms with van der Waals surface area (Å²) in [7, 11) is -1.89. The lowest BCUT2D eigenvalue weighted by Gasteiger charge is -2.11. The third-order valence-electron chi connectivity index (χ3n) is 2.02. The van der Waals surface area contributed by atoms with Crippen LogP contribution < -0.4 is 5.32 Å². The maximum Gasteiger partial charge on any atom is 0.182 e. The quantitative estimate of drug-likeness (QED) is 0.821. The molecule has 6 heteroatoms. The lowest BCUT2D eigenvalue weighted by atomic mass is 10.4. The SMILES string of the molecule is CNCC(O)CS(=O)(=O)c1ccccc1Cl. The number of aliphatic hydroxyl groups excluding tert-OH is 1. The minimum atomic E-state index is -3.53. The first-order valence-electron chi connectivity index (χ1n) is 4.77. The van der Waals surface area contributed by atoms with Crippen LogP contribution in [0.25, 0.3) is 0 Å². The van der Waals surface area contributed by atoms with E-state index in [1.807, 2.05) is 0 Å². The first kappa shape index (κ1) is 13.4. The summed E-state index contributed by atoms with van der Waals surface area (Å²) in [5, 5.41) is 12.3. The summed E-state index contributed by atoms with van der Waals surface area (Å²) in [6.07, 6.45) is -0.939. The number of nitrogens with one attached hydrogen (secondary N) is 1. The molecule has 1 aromatic carbocycles. The van der Waals surface area contributed by atoms with Gasteiger partial charge in [0.25, 0.3) is 0 Å². The first-order valence-corrected chi connectivity index (χ1v) is 6.80. The molecule has 0 saturated carbocycles. The van der Waals surface area contributed by atoms with Crippen molar-refractivity contribution in [3.8, 4) is 0 Å². The molecule has 0 amide bonds. The smallest absolute Gasteiger partial charge is 0.182 e. The zero-order valence-electron chi connectivity index (χ0n) is 8.85. The average molecular weight is 264 g/mol. The summed E-state index contributed by atoms with van der Waals surface area (Å²) < 4.78 is 23.7. The number of likely N-dealkylation sites (N-methyl/N-ethyl adjacent to an activating group) is 1. The van der Waals surface area contributed by atoms with Crippen LogP contribution in [-0.4, -0.2) is 39.0 Å². The highest BCUT2D eigenvalue weighted by molar-refractivity contribution is 7.91. The standard InChI is InChI=1S/C10H14ClNO3S/c1-12-6-8(13)7-16(14,15)10-5-3-2-4-9(10)11/h2-5,8,12-13H,6-7H2,1H3. The van der Waals surface area contributed by atoms with Crippen molar-refractivity contribution in [3.05, 3.63) is 29.3 Å². The Balaban J connectivity index is 2.91. The Kier molecular flexibility index (Phi) is 4.73. The highest BCUT2D eigenvalue weighted by Crippen LogP contribution is 2.22. The van der Waals surface area contributed by atoms with Gasteiger partial charge in [0.2, 0.25) is 0 Å². The van der Waals surface area contributed by atoms with Crippen molar-refractivity contribution in [2.24, 2.45) is 0 Å². The maximum atomic E-state index is 11.9. The van der Waals surface area contributed by atoms with Gasteiger partial charge >= 0.3 is 0 Å². The molecule has 0 saturated heterocycles. The van der Waals surface area contributed by atoms with E-state index in [4.69, 9.17) is 11.6 Å². The van der Waals surface area contributed by atoms with Gasteiger partial charge in [0.05, 0.1) is 21.8 Å². The molecule has 0 heterocycles. The Hall–Kier alpha value is -0.620. The van der Waals surface area contributed by atoms with Crippen molar-refractivity contribution < 1.29 is 13.5 Å². The lowest BCUT2D eigenvalue weighted by molar-refractivity contribution is 0.197. The molecule has 1 unspecified atom stereocenters. The van der Waals surface area contributed by atoms with Crippen molar-refractivity contribution in [3.63, 3.8) is 0 Å². The largest absolute Gasteiger partial charge is 0.391 e. The number of halogens is 1. The second-order valence-electron chi connectivity index (χ2n) is 3.42. The molecule has 0 aliphatic carbocycles. The zero-order chi connectivity index (χ0) is 12.2. The van der Waals surface area contributed by atoms with Crippen molar-refractivity contribution in [2.75, 3.05) is 19.3 Å². The molecule has 1 atom stereocenters. The van der Waals surface area contributed by atoms with E-state index in [0.29, 0.717) is 0 Å². The molecule has 0 spiro atoms. The summed E-state index contributed by atoms with van der Waals surface area (Å²) in [5.74, 6) is -0.336. The van der Waals surface area contributed by atoms with Crippen LogP contribution in [0.15, 0.2) is 29.2 Å². The monoisotopic (exact) mass is 263 g/mol. The molecular weight excluding hydrogens is 250 g/mol. The molecule has 0 aliphatic rings. The third kappa shape index (κ3) is 3.45. The zero-order valence-corrected chi connectivity index (χ0v) is 10.4. The van der Waals surface area contributed by atoms with Gasteiger partial charge in [-0.15, -0.1) is 0 Å². The van der Waals surface area contributed by atoms with Gasteiger partial charge in [-0.1, -0.05) is 23.7 Å². The fraction of sp³-hybridized carbons (Fsp3) is 0.400. The van der Waals surface area contributed by atoms with Crippen LogP contribution in [0.3, 0.4) is 0 Å². The van der Waals surface area contributed by atoms with E-state index in [9.17, 15) is 13.5 Å². The summed E-state index contributed by atoms with van der Waals surface area (Å²) in [5.41, 5.74) is 0. The van der Waals surface area contributed by atoms with Gasteiger partial charge < -0.3 is 10.4 Å². The Morgan fingerprint density at radius 1 is 1.44 bits per heavy atom. The minimum absolute atomic E-state index is 0.0619. The molecular formula is C10H14ClNO3S. The number of hydrogen-bond donors (Lipinski definition) is 2. The number of hydrogen-bond acceptors (Lipinski definition) is 4. The Bertz CT molecular complexity index is 447. The maximum absolute atomic E-state index is 11.9. The average Bonchev–Trinajstić information content (AvgIpc) is 2.17. The van der Waals surface area contributed by atoms with Crippen LogP contribution in [0.2, 0.25) is 5.02 Å². The molecule has 0 bridgehead atoms. The van der Waals surface area contributed by atoms with Gasteiger partial charge in [-0.05, 0) is 19.2 Å². The second-order valence-corrected chi connectivity index (χ2v) is 5.83. The molecule has 4 nitrogen and oxygen atoms in total. The molecule has 16 heavy (non-hydrogen) atoms. The topological polar surface area (TPSA) is 66.4 Å². The summed E-state index contributed by atoms with van der Waals surface area (Å²) in [4.78, 5) is 0.0619. The van der Waals surface area contributed by atoms with Crippen LogP contribution in [0.4, 0.5) is 0 Å². The molecule has 0 radical (unpaired) electrons. The molecule has 0 fully saturated rings. The molecule has 2 N–H and O–H groups in total. The van der Waals surface area contributed by atoms with Gasteiger partial charge in [0.15, 0.2) is 9.84 Å². The second kappa shape index (κ2) is 5.63. The fourth-order valence-electron chi connectivity index (χ4n) is 1.33. The Morgan fingerprint density at radius 2 is 2.06 bits per heavy atom. The predicted molar refractivity (Wildman–Crippen MR) is 63.4 cm³/mol. The van der Waals surface area contributed by atoms with E-state index in [-0.39, 0.29) is 22.2 Å². The molecule has 90 valence electrons. The van der Waals surface area contributed by atoms with Crippen LogP contribution in [0.1, 0.15) is 0 Å². The van der Waals surface area contributed by atoms with Crippen LogP contribution >= 0.6 is 11.6 Å². The highest BCUT2D eigenvalue weighted by atomic mass is 35.5. The summed E-state index contributed by atoms with van der Waals surface area (Å²) in [6, 6.07) is 6.21. The number of sulfone groups is 1. The Morgan fingerprint density at radius 3 is 2.62 bits per heavy atom. The Labute approximate surface area is 100 Å². The van der Waals surface area contributed by atoms with Crippen molar-refractivity contribution >= 4 is 21.4 Å². The lowest BCUT2D eigenvalue weighted by Crippen LogP contribution is -2.30. The summed E-state index contributed by atoms with van der Waals surface area (Å²) >= 11 is 5.79. The van der Waals surface area contributed by atoms with Crippen LogP contribution in [0.5, 0.6) is 0 Å². The summed E-state index contributed by atoms with van der Waals surface area (Å²) in [6.45, 7) is 0.226. The van der Waals surface area contributed by atoms with E-state index in [0.717, 1.165) is 0 Å². The van der Waals surface area contributed by atoms with Gasteiger partial charge in [0.1, 0.15) is 0 Å². The number of benzene rings is 1. The fourth-order valence-corrected chi connectivity index (χ4v) is 3.28. The normalized spacial score (nSPS) is 13.7. The van der Waals surface area contributed by atoms with Crippen molar-refractivity contribution in [1.29, 1.82) is 0 Å². The molecule has 0 aliphatic heterocycles. The van der Waals surface area contributed by atoms with Crippen LogP contribution in [-0.2, 0) is 9.84 Å². The predicted octanol–water partition coefficient (Wildman–Crippen LogP) is 0.694. The number of rotatable bonds is 5. The highest BCUT2D eigenvalue weighted by Gasteiger charge is 2.21. The van der Waals surface area contributed by atoms with Crippen LogP contribution in [0, 0.1) is 0 Å². The minimum Gasteiger partial charge on any atom is -0.391 e. The van der Waals surface area contributed by atoms with Gasteiger partial charge in [-0.3, -0.25) is 0 Å². The molecule has 1 rings (SSSR count). The van der Waals surface area contributed by atoms with E-state index < -0.39 is 15.9 Å². The van der Waals surface area contributed by atoms with E-state index >= 15 is 0 Å². The van der Waals surface area contributed by atoms with Gasteiger partial charge in [-0.2, -0.15) is 0 Å². The molecule has 1 aromatic rings.